The van der Waals surface area contributed by atoms with E-state index in [9.17, 15) is 70.9 Å². The smallest absolute Gasteiger partial charge is 0.338 e. The molecule has 4 aromatic rings. The van der Waals surface area contributed by atoms with Crippen molar-refractivity contribution in [3.8, 4) is 40.1 Å². The standard InChI is InChI=1S/C42H48O23/c1-57-21-8-5-16(9-23(21)58-2)40(56)59-13-25-31(50)34(53)39(65-42-36(55)33(52)30(49)26(64-42)14-60-41-35(54)32(51)29(48)24(12-43)63-41)38(62-25)28-19(46)10-18(45)27-20(47)11-22(61-37(27)28)15-3-6-17(44)7-4-15/h3-11,24-26,29-36,38-39,41-46,48-55H,12-14H2,1-2H3/t24-,25-,26-,29-,30+,31-,32+,33+,34+,35-,36-,38+,39-,41-,42+/m1/s1. The highest BCUT2D eigenvalue weighted by Crippen LogP contribution is 2.46. The minimum absolute atomic E-state index is 0.0220. The van der Waals surface area contributed by atoms with Crippen molar-refractivity contribution in [2.75, 3.05) is 34.0 Å². The van der Waals surface area contributed by atoms with Crippen LogP contribution in [-0.2, 0) is 28.4 Å². The first-order chi connectivity index (χ1) is 31.0. The number of phenolic OH excluding ortho intramolecular Hbond substituents is 3. The summed E-state index contributed by atoms with van der Waals surface area (Å²) in [5.74, 6) is -2.31. The normalized spacial score (nSPS) is 32.8. The van der Waals surface area contributed by atoms with Gasteiger partial charge in [0.05, 0.1) is 38.6 Å². The highest BCUT2D eigenvalue weighted by Gasteiger charge is 2.53. The fraction of sp³-hybridized carbons (Fsp3) is 0.476. The van der Waals surface area contributed by atoms with E-state index in [1.165, 1.54) is 56.7 Å². The van der Waals surface area contributed by atoms with Gasteiger partial charge in [0.25, 0.3) is 0 Å². The Kier molecular flexibility index (Phi) is 14.5. The number of ether oxygens (including phenoxy) is 8. The van der Waals surface area contributed by atoms with Crippen molar-refractivity contribution >= 4 is 16.9 Å². The molecule has 0 bridgehead atoms. The molecule has 0 unspecified atom stereocenters. The highest BCUT2D eigenvalue weighted by atomic mass is 16.7. The van der Waals surface area contributed by atoms with Gasteiger partial charge < -0.3 is 104 Å². The number of fused-ring (bicyclic) bond motifs is 1. The molecule has 0 radical (unpaired) electrons. The van der Waals surface area contributed by atoms with E-state index in [1.54, 1.807) is 0 Å². The molecular weight excluding hydrogens is 872 g/mol. The molecule has 0 aliphatic carbocycles. The van der Waals surface area contributed by atoms with Crippen LogP contribution in [0, 0.1) is 0 Å². The Labute approximate surface area is 366 Å². The molecule has 7 rings (SSSR count). The van der Waals surface area contributed by atoms with E-state index in [2.05, 4.69) is 0 Å². The lowest BCUT2D eigenvalue weighted by molar-refractivity contribution is -0.353. The average Bonchev–Trinajstić information content (AvgIpc) is 3.29. The van der Waals surface area contributed by atoms with E-state index >= 15 is 0 Å². The number of benzene rings is 3. The Bertz CT molecular complexity index is 2350. The molecule has 3 fully saturated rings. The van der Waals surface area contributed by atoms with Crippen molar-refractivity contribution in [1.29, 1.82) is 0 Å². The van der Waals surface area contributed by atoms with Crippen LogP contribution in [0.5, 0.6) is 28.7 Å². The van der Waals surface area contributed by atoms with Gasteiger partial charge in [-0.3, -0.25) is 4.79 Å². The maximum atomic E-state index is 13.6. The number of hydrogen-bond donors (Lipinski definition) is 12. The third-order valence-corrected chi connectivity index (χ3v) is 11.4. The minimum Gasteiger partial charge on any atom is -0.508 e. The van der Waals surface area contributed by atoms with E-state index in [1.807, 2.05) is 0 Å². The number of aliphatic hydroxyl groups excluding tert-OH is 9. The molecule has 3 aromatic carbocycles. The van der Waals surface area contributed by atoms with Crippen molar-refractivity contribution < 1.29 is 108 Å². The molecule has 1 aromatic heterocycles. The molecule has 23 heteroatoms. The summed E-state index contributed by atoms with van der Waals surface area (Å²) in [6.07, 6.45) is -28.2. The zero-order chi connectivity index (χ0) is 47.0. The second-order valence-electron chi connectivity index (χ2n) is 15.4. The minimum atomic E-state index is -2.14. The van der Waals surface area contributed by atoms with E-state index in [0.717, 1.165) is 12.1 Å². The predicted molar refractivity (Wildman–Crippen MR) is 214 cm³/mol. The number of esters is 1. The highest BCUT2D eigenvalue weighted by molar-refractivity contribution is 5.91. The van der Waals surface area contributed by atoms with Crippen LogP contribution in [0.25, 0.3) is 22.3 Å². The zero-order valence-corrected chi connectivity index (χ0v) is 34.3. The lowest BCUT2D eigenvalue weighted by atomic mass is 9.89. The molecule has 3 aliphatic heterocycles. The van der Waals surface area contributed by atoms with Crippen molar-refractivity contribution in [3.63, 3.8) is 0 Å². The number of aromatic hydroxyl groups is 3. The van der Waals surface area contributed by atoms with Gasteiger partial charge in [-0.2, -0.15) is 0 Å². The maximum absolute atomic E-state index is 13.6. The van der Waals surface area contributed by atoms with Crippen LogP contribution >= 0.6 is 0 Å². The number of phenols is 3. The Hall–Kier alpha value is -5.22. The van der Waals surface area contributed by atoms with Gasteiger partial charge in [0, 0.05) is 17.7 Å². The summed E-state index contributed by atoms with van der Waals surface area (Å²) >= 11 is 0. The maximum Gasteiger partial charge on any atom is 0.338 e. The molecule has 15 atom stereocenters. The van der Waals surface area contributed by atoms with Crippen LogP contribution < -0.4 is 14.9 Å². The third-order valence-electron chi connectivity index (χ3n) is 11.4. The summed E-state index contributed by atoms with van der Waals surface area (Å²) in [6.45, 7) is -2.34. The topological polar surface area (TPSA) is 364 Å². The first-order valence-corrected chi connectivity index (χ1v) is 20.0. The lowest BCUT2D eigenvalue weighted by Gasteiger charge is -2.47. The van der Waals surface area contributed by atoms with Gasteiger partial charge in [-0.25, -0.2) is 4.79 Å². The number of carbonyl (C=O) groups excluding carboxylic acids is 1. The van der Waals surface area contributed by atoms with Crippen LogP contribution in [0.1, 0.15) is 22.0 Å². The predicted octanol–water partition coefficient (Wildman–Crippen LogP) is -2.38. The summed E-state index contributed by atoms with van der Waals surface area (Å²) in [6, 6.07) is 11.3. The van der Waals surface area contributed by atoms with Crippen LogP contribution in [0.15, 0.2) is 63.8 Å². The molecule has 0 amide bonds. The molecule has 12 N–H and O–H groups in total. The Balaban J connectivity index is 1.24. The molecule has 0 saturated carbocycles. The van der Waals surface area contributed by atoms with Gasteiger partial charge >= 0.3 is 5.97 Å². The van der Waals surface area contributed by atoms with Gasteiger partial charge in [0.1, 0.15) is 114 Å². The molecule has 354 valence electrons. The van der Waals surface area contributed by atoms with Crippen LogP contribution in [0.2, 0.25) is 0 Å². The number of hydrogen-bond acceptors (Lipinski definition) is 23. The van der Waals surface area contributed by atoms with Crippen molar-refractivity contribution in [3.05, 3.63) is 75.9 Å². The molecular formula is C42H48O23. The fourth-order valence-corrected chi connectivity index (χ4v) is 7.75. The van der Waals surface area contributed by atoms with Crippen LogP contribution in [0.4, 0.5) is 0 Å². The third kappa shape index (κ3) is 9.43. The summed E-state index contributed by atoms with van der Waals surface area (Å²) in [4.78, 5) is 26.9. The average molecular weight is 921 g/mol. The second kappa shape index (κ2) is 19.7. The molecule has 3 saturated heterocycles. The molecule has 23 nitrogen and oxygen atoms in total. The summed E-state index contributed by atoms with van der Waals surface area (Å²) in [5, 5.41) is 128. The van der Waals surface area contributed by atoms with Crippen molar-refractivity contribution in [2.45, 2.75) is 91.9 Å². The Morgan fingerprint density at radius 3 is 1.92 bits per heavy atom. The van der Waals surface area contributed by atoms with E-state index < -0.39 is 151 Å². The SMILES string of the molecule is COc1ccc(C(=O)OC[C@H]2O[C@@H](c3c(O)cc(O)c4c(=O)cc(-c5ccc(O)cc5)oc34)[C@H](O[C@@H]3O[C@H](CO[C@@H]4O[C@H](CO)[C@@H](O)[C@H](O)[C@H]4O)[C@H](O)[C@H](O)[C@H]3O)[C@@H](O)[C@@H]2O)cc1OC. The van der Waals surface area contributed by atoms with E-state index in [-0.39, 0.29) is 28.4 Å². The fourth-order valence-electron chi connectivity index (χ4n) is 7.75. The molecule has 65 heavy (non-hydrogen) atoms. The number of carbonyl (C=O) groups is 1. The summed E-state index contributed by atoms with van der Waals surface area (Å²) < 4.78 is 50.9. The summed E-state index contributed by atoms with van der Waals surface area (Å²) in [5.41, 5.74) is -1.64. The van der Waals surface area contributed by atoms with Crippen LogP contribution in [-0.4, -0.2) is 187 Å². The van der Waals surface area contributed by atoms with Crippen molar-refractivity contribution in [2.24, 2.45) is 0 Å². The number of methoxy groups -OCH3 is 2. The van der Waals surface area contributed by atoms with Gasteiger partial charge in [0.2, 0.25) is 0 Å². The second-order valence-corrected chi connectivity index (χ2v) is 15.4. The van der Waals surface area contributed by atoms with Crippen molar-refractivity contribution in [1.82, 2.24) is 0 Å². The largest absolute Gasteiger partial charge is 0.508 e. The number of aliphatic hydroxyl groups is 9. The quantitative estimate of drug-likeness (QED) is 0.0623. The van der Waals surface area contributed by atoms with E-state index in [0.29, 0.717) is 5.75 Å². The first-order valence-electron chi connectivity index (χ1n) is 20.0. The summed E-state index contributed by atoms with van der Waals surface area (Å²) in [7, 11) is 2.73. The van der Waals surface area contributed by atoms with E-state index in [4.69, 9.17) is 42.3 Å². The molecule has 0 spiro atoms. The van der Waals surface area contributed by atoms with Gasteiger partial charge in [-0.1, -0.05) is 0 Å². The number of rotatable bonds is 13. The van der Waals surface area contributed by atoms with Gasteiger partial charge in [-0.05, 0) is 42.5 Å². The molecule has 4 heterocycles. The lowest BCUT2D eigenvalue weighted by Crippen LogP contribution is -2.63. The van der Waals surface area contributed by atoms with Crippen LogP contribution in [0.3, 0.4) is 0 Å². The van der Waals surface area contributed by atoms with Gasteiger partial charge in [-0.15, -0.1) is 0 Å². The monoisotopic (exact) mass is 920 g/mol. The Morgan fingerprint density at radius 2 is 1.26 bits per heavy atom. The first kappa shape index (κ1) is 47.7. The molecule has 3 aliphatic rings. The van der Waals surface area contributed by atoms with Gasteiger partial charge in [0.15, 0.2) is 35.1 Å². The Morgan fingerprint density at radius 1 is 0.646 bits per heavy atom. The zero-order valence-electron chi connectivity index (χ0n) is 34.3.